The van der Waals surface area contributed by atoms with Crippen LogP contribution in [-0.4, -0.2) is 27.4 Å². The van der Waals surface area contributed by atoms with E-state index in [0.717, 1.165) is 4.70 Å². The maximum atomic E-state index is 12.2. The summed E-state index contributed by atoms with van der Waals surface area (Å²) < 4.78 is 7.11. The van der Waals surface area contributed by atoms with E-state index in [1.54, 1.807) is 24.4 Å². The molecule has 2 heterocycles. The SMILES string of the molecule is CCOC(=O)Cc1csc(NC(=O)Cn2sc3ccccc3c2=O)n1. The monoisotopic (exact) mass is 377 g/mol. The summed E-state index contributed by atoms with van der Waals surface area (Å²) in [5.41, 5.74) is 0.357. The number of anilines is 1. The molecule has 0 spiro atoms. The number of hydrogen-bond donors (Lipinski definition) is 1. The summed E-state index contributed by atoms with van der Waals surface area (Å²) in [6.45, 7) is 1.97. The molecule has 3 rings (SSSR count). The number of nitrogens with zero attached hydrogens (tertiary/aromatic N) is 2. The van der Waals surface area contributed by atoms with Crippen molar-refractivity contribution in [2.24, 2.45) is 0 Å². The van der Waals surface area contributed by atoms with E-state index in [1.807, 2.05) is 12.1 Å². The second-order valence-corrected chi connectivity index (χ2v) is 7.02. The van der Waals surface area contributed by atoms with Gasteiger partial charge in [-0.25, -0.2) is 4.98 Å². The van der Waals surface area contributed by atoms with Gasteiger partial charge in [-0.3, -0.25) is 18.3 Å². The van der Waals surface area contributed by atoms with Crippen LogP contribution in [0, 0.1) is 0 Å². The van der Waals surface area contributed by atoms with E-state index in [1.165, 1.54) is 26.8 Å². The van der Waals surface area contributed by atoms with E-state index in [-0.39, 0.29) is 30.4 Å². The normalized spacial score (nSPS) is 10.8. The maximum absolute atomic E-state index is 12.2. The van der Waals surface area contributed by atoms with Gasteiger partial charge in [0.1, 0.15) is 6.54 Å². The number of rotatable bonds is 6. The molecule has 0 aliphatic heterocycles. The first-order valence-corrected chi connectivity index (χ1v) is 9.21. The van der Waals surface area contributed by atoms with Gasteiger partial charge < -0.3 is 10.1 Å². The Morgan fingerprint density at radius 3 is 2.88 bits per heavy atom. The minimum absolute atomic E-state index is 0.0655. The molecule has 0 atom stereocenters. The molecule has 9 heteroatoms. The highest BCUT2D eigenvalue weighted by Crippen LogP contribution is 2.18. The molecule has 0 aliphatic rings. The molecule has 0 saturated heterocycles. The lowest BCUT2D eigenvalue weighted by atomic mass is 10.3. The zero-order valence-electron chi connectivity index (χ0n) is 13.4. The smallest absolute Gasteiger partial charge is 0.311 e. The van der Waals surface area contributed by atoms with Crippen LogP contribution in [0.15, 0.2) is 34.4 Å². The summed E-state index contributed by atoms with van der Waals surface area (Å²) in [5.74, 6) is -0.701. The Morgan fingerprint density at radius 1 is 1.32 bits per heavy atom. The van der Waals surface area contributed by atoms with Crippen molar-refractivity contribution in [3.05, 3.63) is 45.7 Å². The lowest BCUT2D eigenvalue weighted by molar-refractivity contribution is -0.142. The quantitative estimate of drug-likeness (QED) is 0.666. The van der Waals surface area contributed by atoms with Gasteiger partial charge in [0.15, 0.2) is 5.13 Å². The van der Waals surface area contributed by atoms with Crippen molar-refractivity contribution in [3.63, 3.8) is 0 Å². The van der Waals surface area contributed by atoms with E-state index < -0.39 is 0 Å². The minimum atomic E-state index is -0.359. The maximum Gasteiger partial charge on any atom is 0.311 e. The number of carbonyl (C=O) groups excluding carboxylic acids is 2. The van der Waals surface area contributed by atoms with Crippen molar-refractivity contribution >= 4 is 50.0 Å². The second-order valence-electron chi connectivity index (χ2n) is 5.10. The zero-order chi connectivity index (χ0) is 17.8. The summed E-state index contributed by atoms with van der Waals surface area (Å²) in [5, 5.41) is 5.33. The van der Waals surface area contributed by atoms with Crippen molar-refractivity contribution in [1.82, 2.24) is 8.94 Å². The van der Waals surface area contributed by atoms with Gasteiger partial charge >= 0.3 is 5.97 Å². The molecule has 25 heavy (non-hydrogen) atoms. The van der Waals surface area contributed by atoms with Gasteiger partial charge in [0.2, 0.25) is 5.91 Å². The number of ether oxygens (including phenoxy) is 1. The summed E-state index contributed by atoms with van der Waals surface area (Å²) in [6, 6.07) is 7.23. The fourth-order valence-electron chi connectivity index (χ4n) is 2.22. The van der Waals surface area contributed by atoms with Gasteiger partial charge in [0.05, 0.1) is 28.8 Å². The topological polar surface area (TPSA) is 90.3 Å². The number of fused-ring (bicyclic) bond motifs is 1. The lowest BCUT2D eigenvalue weighted by Crippen LogP contribution is -2.23. The number of carbonyl (C=O) groups is 2. The first-order valence-electron chi connectivity index (χ1n) is 7.55. The third kappa shape index (κ3) is 4.12. The highest BCUT2D eigenvalue weighted by atomic mass is 32.1. The van der Waals surface area contributed by atoms with Crippen LogP contribution in [0.1, 0.15) is 12.6 Å². The molecule has 0 saturated carbocycles. The molecule has 0 bridgehead atoms. The average Bonchev–Trinajstić information content (AvgIpc) is 3.13. The summed E-state index contributed by atoms with van der Waals surface area (Å²) >= 11 is 2.47. The Morgan fingerprint density at radius 2 is 2.12 bits per heavy atom. The molecule has 0 aliphatic carbocycles. The summed E-state index contributed by atoms with van der Waals surface area (Å²) in [7, 11) is 0. The molecule has 1 N–H and O–H groups in total. The fourth-order valence-corrected chi connectivity index (χ4v) is 3.94. The molecule has 130 valence electrons. The van der Waals surface area contributed by atoms with Gasteiger partial charge in [0.25, 0.3) is 5.56 Å². The molecule has 0 radical (unpaired) electrons. The second kappa shape index (κ2) is 7.58. The van der Waals surface area contributed by atoms with Crippen LogP contribution in [0.5, 0.6) is 0 Å². The lowest BCUT2D eigenvalue weighted by Gasteiger charge is -2.01. The third-order valence-corrected chi connectivity index (χ3v) is 5.14. The van der Waals surface area contributed by atoms with Crippen LogP contribution in [0.2, 0.25) is 0 Å². The Bertz CT molecular complexity index is 973. The number of amides is 1. The number of nitrogens with one attached hydrogen (secondary N) is 1. The van der Waals surface area contributed by atoms with Crippen molar-refractivity contribution in [2.75, 3.05) is 11.9 Å². The molecule has 0 fully saturated rings. The number of benzene rings is 1. The van der Waals surface area contributed by atoms with E-state index >= 15 is 0 Å². The molecule has 7 nitrogen and oxygen atoms in total. The Hall–Kier alpha value is -2.52. The van der Waals surface area contributed by atoms with Gasteiger partial charge in [0, 0.05) is 5.38 Å². The van der Waals surface area contributed by atoms with Crippen molar-refractivity contribution in [2.45, 2.75) is 19.9 Å². The molecular formula is C16H15N3O4S2. The van der Waals surface area contributed by atoms with Crippen molar-refractivity contribution < 1.29 is 14.3 Å². The van der Waals surface area contributed by atoms with Gasteiger partial charge in [-0.15, -0.1) is 11.3 Å². The average molecular weight is 377 g/mol. The fraction of sp³-hybridized carbons (Fsp3) is 0.250. The first kappa shape index (κ1) is 17.3. The van der Waals surface area contributed by atoms with Crippen molar-refractivity contribution in [3.8, 4) is 0 Å². The molecule has 3 aromatic rings. The van der Waals surface area contributed by atoms with Crippen LogP contribution >= 0.6 is 22.9 Å². The van der Waals surface area contributed by atoms with Crippen LogP contribution in [0.4, 0.5) is 5.13 Å². The zero-order valence-corrected chi connectivity index (χ0v) is 15.0. The van der Waals surface area contributed by atoms with E-state index in [0.29, 0.717) is 22.8 Å². The summed E-state index contributed by atoms with van der Waals surface area (Å²) in [6.07, 6.45) is 0.0655. The molecule has 2 aromatic heterocycles. The molecule has 1 aromatic carbocycles. The highest BCUT2D eigenvalue weighted by Gasteiger charge is 2.13. The number of thiazole rings is 1. The van der Waals surface area contributed by atoms with Gasteiger partial charge in [-0.1, -0.05) is 23.7 Å². The Labute approximate surface area is 151 Å². The van der Waals surface area contributed by atoms with E-state index in [4.69, 9.17) is 4.74 Å². The number of esters is 1. The largest absolute Gasteiger partial charge is 0.466 e. The Kier molecular flexibility index (Phi) is 5.25. The summed E-state index contributed by atoms with van der Waals surface area (Å²) in [4.78, 5) is 40.0. The molecule has 0 unspecified atom stereocenters. The van der Waals surface area contributed by atoms with E-state index in [9.17, 15) is 14.4 Å². The molecule has 1 amide bonds. The van der Waals surface area contributed by atoms with Gasteiger partial charge in [-0.2, -0.15) is 0 Å². The predicted molar refractivity (Wildman–Crippen MR) is 97.2 cm³/mol. The van der Waals surface area contributed by atoms with Crippen LogP contribution in [0.3, 0.4) is 0 Å². The first-order chi connectivity index (χ1) is 12.1. The van der Waals surface area contributed by atoms with Crippen LogP contribution < -0.4 is 10.9 Å². The Balaban J connectivity index is 1.64. The van der Waals surface area contributed by atoms with Crippen LogP contribution in [0.25, 0.3) is 10.1 Å². The van der Waals surface area contributed by atoms with E-state index in [2.05, 4.69) is 10.3 Å². The molecular weight excluding hydrogens is 362 g/mol. The minimum Gasteiger partial charge on any atom is -0.466 e. The predicted octanol–water partition coefficient (Wildman–Crippen LogP) is 2.26. The third-order valence-electron chi connectivity index (χ3n) is 3.27. The van der Waals surface area contributed by atoms with Crippen molar-refractivity contribution in [1.29, 1.82) is 0 Å². The number of aromatic nitrogens is 2. The van der Waals surface area contributed by atoms with Crippen LogP contribution in [-0.2, 0) is 27.3 Å². The standard InChI is InChI=1S/C16H15N3O4S2/c1-2-23-14(21)7-10-9-24-16(17-10)18-13(20)8-19-15(22)11-5-3-4-6-12(11)25-19/h3-6,9H,2,7-8H2,1H3,(H,17,18,20). The highest BCUT2D eigenvalue weighted by molar-refractivity contribution is 7.14. The van der Waals surface area contributed by atoms with Gasteiger partial charge in [-0.05, 0) is 19.1 Å². The number of hydrogen-bond acceptors (Lipinski definition) is 7.